The van der Waals surface area contributed by atoms with E-state index in [-0.39, 0.29) is 28.4 Å². The zero-order valence-electron chi connectivity index (χ0n) is 17.1. The van der Waals surface area contributed by atoms with Gasteiger partial charge in [0.05, 0.1) is 5.56 Å². The Bertz CT molecular complexity index is 762. The van der Waals surface area contributed by atoms with Gasteiger partial charge in [0.1, 0.15) is 17.3 Å². The van der Waals surface area contributed by atoms with Gasteiger partial charge in [-0.15, -0.1) is 0 Å². The van der Waals surface area contributed by atoms with Gasteiger partial charge in [-0.2, -0.15) is 0 Å². The van der Waals surface area contributed by atoms with Crippen molar-refractivity contribution in [3.63, 3.8) is 0 Å². The van der Waals surface area contributed by atoms with Gasteiger partial charge in [-0.05, 0) is 62.5 Å². The highest BCUT2D eigenvalue weighted by Crippen LogP contribution is 2.47. The summed E-state index contributed by atoms with van der Waals surface area (Å²) < 4.78 is 0. The van der Waals surface area contributed by atoms with Gasteiger partial charge in [0, 0.05) is 17.9 Å². The lowest BCUT2D eigenvalue weighted by atomic mass is 9.59. The molecule has 1 fully saturated rings. The molecule has 2 N–H and O–H groups in total. The second-order valence-corrected chi connectivity index (χ2v) is 8.46. The highest BCUT2D eigenvalue weighted by atomic mass is 16.3. The Kier molecular flexibility index (Phi) is 6.50. The molecule has 1 aromatic carbocycles. The fourth-order valence-corrected chi connectivity index (χ4v) is 4.20. The van der Waals surface area contributed by atoms with Gasteiger partial charge in [0.25, 0.3) is 0 Å². The maximum Gasteiger partial charge on any atom is 0.154 e. The van der Waals surface area contributed by atoms with Crippen LogP contribution in [0.25, 0.3) is 0 Å². The van der Waals surface area contributed by atoms with Crippen LogP contribution in [0.1, 0.15) is 74.9 Å². The summed E-state index contributed by atoms with van der Waals surface area (Å²) in [7, 11) is 0. The topological polar surface area (TPSA) is 74.6 Å². The summed E-state index contributed by atoms with van der Waals surface area (Å²) in [6.45, 7) is 10.2. The van der Waals surface area contributed by atoms with Crippen LogP contribution in [0.2, 0.25) is 0 Å². The summed E-state index contributed by atoms with van der Waals surface area (Å²) in [6.07, 6.45) is 6.43. The number of aryl methyl sites for hydroxylation is 1. The fraction of sp³-hybridized carbons (Fsp3) is 0.565. The van der Waals surface area contributed by atoms with Gasteiger partial charge in [-0.1, -0.05) is 32.4 Å². The highest BCUT2D eigenvalue weighted by Gasteiger charge is 2.42. The number of phenolic OH excluding ortho intramolecular Hbond substituents is 2. The molecule has 4 heteroatoms. The van der Waals surface area contributed by atoms with Crippen LogP contribution in [0.15, 0.2) is 17.7 Å². The number of allylic oxidation sites excluding steroid dienone is 2. The fourth-order valence-electron chi connectivity index (χ4n) is 4.20. The standard InChI is InChI=1S/C23H32O4/c1-14(10-11-23(5)16(3)7-9-20(25)17(23)4)6-8-18-21(26)12-15(2)19(13-24)22(18)27/h6,12-13,16-17,26-27H,7-11H2,1-5H3/b14-6+/t16-,17-,23+/m0/s1. The van der Waals surface area contributed by atoms with E-state index in [2.05, 4.69) is 20.8 Å². The SMILES string of the molecule is C/C(=C\Cc1c(O)cc(C)c(C=O)c1O)CC[C@]1(C)[C@@H](C)CCC(=O)[C@@H]1C. The van der Waals surface area contributed by atoms with E-state index in [1.165, 1.54) is 6.07 Å². The van der Waals surface area contributed by atoms with E-state index in [9.17, 15) is 19.8 Å². The van der Waals surface area contributed by atoms with Crippen molar-refractivity contribution in [2.75, 3.05) is 0 Å². The number of Topliss-reactive ketones (excluding diaryl/α,β-unsaturated/α-hetero) is 1. The normalized spacial score (nSPS) is 26.3. The first-order valence-corrected chi connectivity index (χ1v) is 9.79. The smallest absolute Gasteiger partial charge is 0.154 e. The van der Waals surface area contributed by atoms with Gasteiger partial charge in [-0.3, -0.25) is 9.59 Å². The number of ketones is 1. The number of rotatable bonds is 6. The van der Waals surface area contributed by atoms with Gasteiger partial charge in [0.2, 0.25) is 0 Å². The average molecular weight is 373 g/mol. The predicted octanol–water partition coefficient (Wildman–Crippen LogP) is 5.13. The van der Waals surface area contributed by atoms with Gasteiger partial charge >= 0.3 is 0 Å². The molecule has 0 radical (unpaired) electrons. The Morgan fingerprint density at radius 2 is 2.00 bits per heavy atom. The summed E-state index contributed by atoms with van der Waals surface area (Å²) in [5.41, 5.74) is 2.32. The minimum Gasteiger partial charge on any atom is -0.508 e. The predicted molar refractivity (Wildman–Crippen MR) is 107 cm³/mol. The van der Waals surface area contributed by atoms with Crippen LogP contribution in [0.3, 0.4) is 0 Å². The molecule has 1 aliphatic carbocycles. The number of carbonyl (C=O) groups excluding carboxylic acids is 2. The van der Waals surface area contributed by atoms with Gasteiger partial charge in [0.15, 0.2) is 6.29 Å². The van der Waals surface area contributed by atoms with E-state index < -0.39 is 0 Å². The van der Waals surface area contributed by atoms with Crippen LogP contribution < -0.4 is 0 Å². The quantitative estimate of drug-likeness (QED) is 0.536. The molecular formula is C23H32O4. The summed E-state index contributed by atoms with van der Waals surface area (Å²) in [6, 6.07) is 1.51. The third-order valence-corrected chi connectivity index (χ3v) is 6.88. The van der Waals surface area contributed by atoms with Gasteiger partial charge < -0.3 is 10.2 Å². The highest BCUT2D eigenvalue weighted by molar-refractivity contribution is 5.83. The van der Waals surface area contributed by atoms with E-state index in [0.717, 1.165) is 24.8 Å². The maximum absolute atomic E-state index is 12.2. The van der Waals surface area contributed by atoms with Gasteiger partial charge in [-0.25, -0.2) is 0 Å². The Balaban J connectivity index is 2.11. The van der Waals surface area contributed by atoms with Crippen molar-refractivity contribution in [1.29, 1.82) is 0 Å². The van der Waals surface area contributed by atoms with Crippen LogP contribution in [0, 0.1) is 24.2 Å². The van der Waals surface area contributed by atoms with Crippen molar-refractivity contribution in [3.05, 3.63) is 34.4 Å². The van der Waals surface area contributed by atoms with Crippen molar-refractivity contribution in [2.45, 2.75) is 66.7 Å². The lowest BCUT2D eigenvalue weighted by molar-refractivity contribution is -0.132. The molecule has 0 unspecified atom stereocenters. The molecule has 0 bridgehead atoms. The molecule has 0 amide bonds. The molecular weight excluding hydrogens is 340 g/mol. The zero-order valence-corrected chi connectivity index (χ0v) is 17.1. The lowest BCUT2D eigenvalue weighted by Crippen LogP contribution is -2.41. The van der Waals surface area contributed by atoms with Crippen molar-refractivity contribution >= 4 is 12.1 Å². The third-order valence-electron chi connectivity index (χ3n) is 6.88. The molecule has 1 saturated carbocycles. The number of phenols is 2. The zero-order chi connectivity index (χ0) is 20.4. The van der Waals surface area contributed by atoms with E-state index in [0.29, 0.717) is 42.0 Å². The molecule has 2 rings (SSSR count). The molecule has 27 heavy (non-hydrogen) atoms. The maximum atomic E-state index is 12.2. The van der Waals surface area contributed by atoms with E-state index in [1.54, 1.807) is 6.92 Å². The van der Waals surface area contributed by atoms with Crippen molar-refractivity contribution in [3.8, 4) is 11.5 Å². The number of hydrogen-bond acceptors (Lipinski definition) is 4. The van der Waals surface area contributed by atoms with Crippen LogP contribution in [0.4, 0.5) is 0 Å². The van der Waals surface area contributed by atoms with Crippen LogP contribution in [0.5, 0.6) is 11.5 Å². The van der Waals surface area contributed by atoms with Crippen molar-refractivity contribution in [1.82, 2.24) is 0 Å². The monoisotopic (exact) mass is 372 g/mol. The molecule has 0 aromatic heterocycles. The minimum absolute atomic E-state index is 0.00323. The first-order valence-electron chi connectivity index (χ1n) is 9.79. The Morgan fingerprint density at radius 3 is 2.63 bits per heavy atom. The van der Waals surface area contributed by atoms with Crippen LogP contribution >= 0.6 is 0 Å². The molecule has 0 heterocycles. The molecule has 1 aliphatic rings. The molecule has 3 atom stereocenters. The van der Waals surface area contributed by atoms with E-state index in [1.807, 2.05) is 13.0 Å². The second-order valence-electron chi connectivity index (χ2n) is 8.46. The summed E-state index contributed by atoms with van der Waals surface area (Å²) >= 11 is 0. The number of aromatic hydroxyl groups is 2. The van der Waals surface area contributed by atoms with Crippen LogP contribution in [-0.4, -0.2) is 22.3 Å². The molecule has 148 valence electrons. The Labute approximate surface area is 162 Å². The van der Waals surface area contributed by atoms with E-state index >= 15 is 0 Å². The Hall–Kier alpha value is -2.10. The van der Waals surface area contributed by atoms with E-state index in [4.69, 9.17) is 0 Å². The first kappa shape index (κ1) is 21.2. The molecule has 0 spiro atoms. The van der Waals surface area contributed by atoms with Crippen molar-refractivity contribution in [2.24, 2.45) is 17.3 Å². The molecule has 4 nitrogen and oxygen atoms in total. The summed E-state index contributed by atoms with van der Waals surface area (Å²) in [4.78, 5) is 23.3. The largest absolute Gasteiger partial charge is 0.508 e. The van der Waals surface area contributed by atoms with Crippen LogP contribution in [-0.2, 0) is 11.2 Å². The first-order chi connectivity index (χ1) is 12.6. The number of carbonyl (C=O) groups is 2. The molecule has 0 saturated heterocycles. The number of aldehydes is 1. The lowest BCUT2D eigenvalue weighted by Gasteiger charge is -2.44. The molecule has 0 aliphatic heterocycles. The molecule has 1 aromatic rings. The average Bonchev–Trinajstić information content (AvgIpc) is 2.61. The minimum atomic E-state index is -0.140. The third kappa shape index (κ3) is 4.26. The summed E-state index contributed by atoms with van der Waals surface area (Å²) in [5.74, 6) is 0.825. The Morgan fingerprint density at radius 1 is 1.33 bits per heavy atom. The van der Waals surface area contributed by atoms with Crippen molar-refractivity contribution < 1.29 is 19.8 Å². The number of benzene rings is 1. The number of hydrogen-bond donors (Lipinski definition) is 2. The summed E-state index contributed by atoms with van der Waals surface area (Å²) in [5, 5.41) is 20.4. The second kappa shape index (κ2) is 8.28.